The molecule has 0 aliphatic carbocycles. The molecular weight excluding hydrogens is 209 g/mol. The van der Waals surface area contributed by atoms with Gasteiger partial charge in [0.05, 0.1) is 13.5 Å². The first-order valence-electron chi connectivity index (χ1n) is 5.31. The highest BCUT2D eigenvalue weighted by molar-refractivity contribution is 5.71. The van der Waals surface area contributed by atoms with Gasteiger partial charge in [0.25, 0.3) is 0 Å². The van der Waals surface area contributed by atoms with E-state index < -0.39 is 0 Å². The summed E-state index contributed by atoms with van der Waals surface area (Å²) in [5.41, 5.74) is 1.40. The molecule has 1 aliphatic rings. The molecule has 0 aromatic heterocycles. The van der Waals surface area contributed by atoms with E-state index in [1.165, 1.54) is 13.2 Å². The van der Waals surface area contributed by atoms with Crippen LogP contribution in [0.4, 0.5) is 10.1 Å². The molecule has 0 saturated heterocycles. The van der Waals surface area contributed by atoms with E-state index in [9.17, 15) is 9.18 Å². The van der Waals surface area contributed by atoms with Crippen molar-refractivity contribution in [3.8, 4) is 0 Å². The lowest BCUT2D eigenvalue weighted by Crippen LogP contribution is -2.20. The molecule has 0 spiro atoms. The highest BCUT2D eigenvalue weighted by Crippen LogP contribution is 2.35. The summed E-state index contributed by atoms with van der Waals surface area (Å²) in [4.78, 5) is 11.2. The van der Waals surface area contributed by atoms with E-state index in [-0.39, 0.29) is 24.1 Å². The highest BCUT2D eigenvalue weighted by Gasteiger charge is 2.25. The zero-order valence-electron chi connectivity index (χ0n) is 9.13. The maximum Gasteiger partial charge on any atom is 0.306 e. The van der Waals surface area contributed by atoms with E-state index in [1.807, 2.05) is 6.07 Å². The second-order valence-electron chi connectivity index (χ2n) is 3.89. The normalized spacial score (nSPS) is 18.5. The van der Waals surface area contributed by atoms with Crippen LogP contribution >= 0.6 is 0 Å². The van der Waals surface area contributed by atoms with Crippen LogP contribution in [0, 0.1) is 5.82 Å². The number of ether oxygens (including phenoxy) is 1. The fourth-order valence-corrected chi connectivity index (χ4v) is 2.12. The summed E-state index contributed by atoms with van der Waals surface area (Å²) in [6, 6.07) is 4.93. The van der Waals surface area contributed by atoms with Crippen LogP contribution in [0.15, 0.2) is 18.2 Å². The fourth-order valence-electron chi connectivity index (χ4n) is 2.12. The molecule has 0 bridgehead atoms. The Balaban J connectivity index is 2.28. The van der Waals surface area contributed by atoms with Crippen molar-refractivity contribution in [3.05, 3.63) is 29.6 Å². The molecule has 4 heteroatoms. The van der Waals surface area contributed by atoms with Gasteiger partial charge in [0.1, 0.15) is 5.82 Å². The van der Waals surface area contributed by atoms with Crippen LogP contribution in [-0.2, 0) is 9.53 Å². The van der Waals surface area contributed by atoms with Crippen LogP contribution in [0.1, 0.15) is 24.3 Å². The lowest BCUT2D eigenvalue weighted by atomic mass is 9.88. The zero-order chi connectivity index (χ0) is 11.5. The molecule has 1 aliphatic heterocycles. The lowest BCUT2D eigenvalue weighted by molar-refractivity contribution is -0.141. The first-order valence-corrected chi connectivity index (χ1v) is 5.31. The van der Waals surface area contributed by atoms with Crippen molar-refractivity contribution >= 4 is 11.7 Å². The molecule has 1 aromatic rings. The van der Waals surface area contributed by atoms with Crippen LogP contribution in [0.2, 0.25) is 0 Å². The molecule has 0 amide bonds. The lowest BCUT2D eigenvalue weighted by Gasteiger charge is -2.26. The molecule has 1 aromatic carbocycles. The Bertz CT molecular complexity index is 406. The Morgan fingerprint density at radius 1 is 1.62 bits per heavy atom. The Morgan fingerprint density at radius 2 is 2.44 bits per heavy atom. The van der Waals surface area contributed by atoms with Gasteiger partial charge in [-0.2, -0.15) is 0 Å². The number of carbonyl (C=O) groups is 1. The van der Waals surface area contributed by atoms with Crippen LogP contribution in [0.3, 0.4) is 0 Å². The number of esters is 1. The number of rotatable bonds is 2. The quantitative estimate of drug-likeness (QED) is 0.782. The molecule has 1 N–H and O–H groups in total. The number of halogens is 1. The first-order chi connectivity index (χ1) is 7.72. The average Bonchev–Trinajstić information content (AvgIpc) is 2.29. The summed E-state index contributed by atoms with van der Waals surface area (Å²) in [5.74, 6) is -0.621. The van der Waals surface area contributed by atoms with E-state index in [2.05, 4.69) is 10.1 Å². The van der Waals surface area contributed by atoms with Crippen molar-refractivity contribution in [1.29, 1.82) is 0 Å². The molecule has 1 atom stereocenters. The van der Waals surface area contributed by atoms with Crippen LogP contribution < -0.4 is 5.32 Å². The third-order valence-electron chi connectivity index (χ3n) is 2.91. The van der Waals surface area contributed by atoms with E-state index in [0.29, 0.717) is 5.56 Å². The van der Waals surface area contributed by atoms with Gasteiger partial charge in [0, 0.05) is 23.7 Å². The molecule has 0 saturated carbocycles. The molecule has 86 valence electrons. The molecule has 0 radical (unpaired) electrons. The third kappa shape index (κ3) is 2.01. The minimum absolute atomic E-state index is 0.0788. The van der Waals surface area contributed by atoms with Crippen LogP contribution in [-0.4, -0.2) is 19.6 Å². The maximum atomic E-state index is 13.7. The first kappa shape index (κ1) is 10.9. The van der Waals surface area contributed by atoms with E-state index in [1.54, 1.807) is 6.07 Å². The van der Waals surface area contributed by atoms with Gasteiger partial charge in [-0.25, -0.2) is 4.39 Å². The fraction of sp³-hybridized carbons (Fsp3) is 0.417. The molecule has 16 heavy (non-hydrogen) atoms. The number of benzene rings is 1. The minimum Gasteiger partial charge on any atom is -0.469 e. The van der Waals surface area contributed by atoms with Gasteiger partial charge in [0.15, 0.2) is 0 Å². The van der Waals surface area contributed by atoms with E-state index >= 15 is 0 Å². The number of fused-ring (bicyclic) bond motifs is 1. The van der Waals surface area contributed by atoms with E-state index in [4.69, 9.17) is 0 Å². The standard InChI is InChI=1S/C12H14FNO2/c1-16-11(15)7-8-5-6-14-10-4-2-3-9(13)12(8)10/h2-4,8,14H,5-7H2,1H3. The summed E-state index contributed by atoms with van der Waals surface area (Å²) in [6.45, 7) is 0.762. The summed E-state index contributed by atoms with van der Waals surface area (Å²) < 4.78 is 18.3. The highest BCUT2D eigenvalue weighted by atomic mass is 19.1. The Labute approximate surface area is 93.6 Å². The molecule has 0 fully saturated rings. The SMILES string of the molecule is COC(=O)CC1CCNc2cccc(F)c21. The van der Waals surface area contributed by atoms with Crippen LogP contribution in [0.25, 0.3) is 0 Å². The van der Waals surface area contributed by atoms with Gasteiger partial charge in [0.2, 0.25) is 0 Å². The number of anilines is 1. The molecule has 1 heterocycles. The Hall–Kier alpha value is -1.58. The van der Waals surface area contributed by atoms with Gasteiger partial charge >= 0.3 is 5.97 Å². The monoisotopic (exact) mass is 223 g/mol. The topological polar surface area (TPSA) is 38.3 Å². The summed E-state index contributed by atoms with van der Waals surface area (Å²) in [6.07, 6.45) is 0.995. The predicted molar refractivity (Wildman–Crippen MR) is 58.9 cm³/mol. The average molecular weight is 223 g/mol. The van der Waals surface area contributed by atoms with Crippen molar-refractivity contribution in [1.82, 2.24) is 0 Å². The molecule has 1 unspecified atom stereocenters. The smallest absolute Gasteiger partial charge is 0.306 e. The third-order valence-corrected chi connectivity index (χ3v) is 2.91. The van der Waals surface area contributed by atoms with Gasteiger partial charge in [-0.3, -0.25) is 4.79 Å². The zero-order valence-corrected chi connectivity index (χ0v) is 9.13. The number of hydrogen-bond donors (Lipinski definition) is 1. The van der Waals surface area contributed by atoms with Crippen molar-refractivity contribution in [3.63, 3.8) is 0 Å². The molecule has 2 rings (SSSR count). The van der Waals surface area contributed by atoms with Crippen molar-refractivity contribution in [2.24, 2.45) is 0 Å². The minimum atomic E-state index is -0.291. The molecule has 3 nitrogen and oxygen atoms in total. The Kier molecular flexibility index (Phi) is 3.08. The van der Waals surface area contributed by atoms with Crippen molar-refractivity contribution in [2.75, 3.05) is 19.0 Å². The largest absolute Gasteiger partial charge is 0.469 e. The Morgan fingerprint density at radius 3 is 3.19 bits per heavy atom. The number of methoxy groups -OCH3 is 1. The summed E-state index contributed by atoms with van der Waals surface area (Å²) >= 11 is 0. The number of hydrogen-bond acceptors (Lipinski definition) is 3. The van der Waals surface area contributed by atoms with Gasteiger partial charge in [-0.1, -0.05) is 6.07 Å². The second kappa shape index (κ2) is 4.51. The van der Waals surface area contributed by atoms with Gasteiger partial charge < -0.3 is 10.1 Å². The second-order valence-corrected chi connectivity index (χ2v) is 3.89. The predicted octanol–water partition coefficient (Wildman–Crippen LogP) is 2.29. The van der Waals surface area contributed by atoms with Crippen LogP contribution in [0.5, 0.6) is 0 Å². The van der Waals surface area contributed by atoms with E-state index in [0.717, 1.165) is 18.7 Å². The molecular formula is C12H14FNO2. The van der Waals surface area contributed by atoms with Crippen molar-refractivity contribution in [2.45, 2.75) is 18.8 Å². The number of carbonyl (C=O) groups excluding carboxylic acids is 1. The number of nitrogens with one attached hydrogen (secondary N) is 1. The van der Waals surface area contributed by atoms with Crippen molar-refractivity contribution < 1.29 is 13.9 Å². The summed E-state index contributed by atoms with van der Waals surface area (Å²) in [5, 5.41) is 3.13. The summed E-state index contributed by atoms with van der Waals surface area (Å²) in [7, 11) is 1.35. The maximum absolute atomic E-state index is 13.7. The van der Waals surface area contributed by atoms with Gasteiger partial charge in [-0.15, -0.1) is 0 Å². The van der Waals surface area contributed by atoms with Gasteiger partial charge in [-0.05, 0) is 18.6 Å².